The standard InChI is InChI=1S/C13H13Cl2N3O2/c1-6(2)8-5-11(17-18-13(8)19)20-12-9(14)3-7(16)4-10(12)15/h3-6H,16H2,1-2H3,(H,18,19)/i3D,4D. The van der Waals surface area contributed by atoms with Crippen molar-refractivity contribution in [2.75, 3.05) is 5.73 Å². The molecule has 0 saturated carbocycles. The largest absolute Gasteiger partial charge is 0.434 e. The summed E-state index contributed by atoms with van der Waals surface area (Å²) in [6, 6.07) is 0.957. The number of hydrogen-bond acceptors (Lipinski definition) is 4. The molecule has 0 radical (unpaired) electrons. The van der Waals surface area contributed by atoms with Crippen molar-refractivity contribution in [1.82, 2.24) is 10.2 Å². The van der Waals surface area contributed by atoms with E-state index in [0.717, 1.165) is 0 Å². The molecule has 0 aliphatic heterocycles. The van der Waals surface area contributed by atoms with Gasteiger partial charge in [0.15, 0.2) is 5.75 Å². The molecule has 0 aliphatic carbocycles. The summed E-state index contributed by atoms with van der Waals surface area (Å²) < 4.78 is 20.9. The van der Waals surface area contributed by atoms with Crippen molar-refractivity contribution in [1.29, 1.82) is 0 Å². The van der Waals surface area contributed by atoms with E-state index >= 15 is 0 Å². The van der Waals surface area contributed by atoms with Gasteiger partial charge in [-0.2, -0.15) is 0 Å². The van der Waals surface area contributed by atoms with Gasteiger partial charge in [-0.25, -0.2) is 5.10 Å². The zero-order valence-electron chi connectivity index (χ0n) is 12.8. The summed E-state index contributed by atoms with van der Waals surface area (Å²) in [5, 5.41) is 5.81. The van der Waals surface area contributed by atoms with Gasteiger partial charge in [0.05, 0.1) is 12.8 Å². The molecule has 20 heavy (non-hydrogen) atoms. The van der Waals surface area contributed by atoms with Crippen LogP contribution in [0.1, 0.15) is 28.1 Å². The van der Waals surface area contributed by atoms with E-state index in [9.17, 15) is 4.79 Å². The highest BCUT2D eigenvalue weighted by Gasteiger charge is 2.13. The summed E-state index contributed by atoms with van der Waals surface area (Å²) in [7, 11) is 0. The maximum Gasteiger partial charge on any atom is 0.267 e. The quantitative estimate of drug-likeness (QED) is 0.848. The number of nitrogens with one attached hydrogen (secondary N) is 1. The van der Waals surface area contributed by atoms with Crippen LogP contribution in [0.5, 0.6) is 11.6 Å². The van der Waals surface area contributed by atoms with E-state index in [-0.39, 0.29) is 50.9 Å². The number of aromatic amines is 1. The first-order valence-corrected chi connectivity index (χ1v) is 6.50. The lowest BCUT2D eigenvalue weighted by Gasteiger charge is -2.10. The van der Waals surface area contributed by atoms with Gasteiger partial charge in [0.25, 0.3) is 5.56 Å². The van der Waals surface area contributed by atoms with Crippen molar-refractivity contribution in [3.05, 3.63) is 44.1 Å². The molecule has 1 heterocycles. The highest BCUT2D eigenvalue weighted by molar-refractivity contribution is 6.37. The molecular weight excluding hydrogens is 301 g/mol. The second-order valence-corrected chi connectivity index (χ2v) is 5.12. The Bertz CT molecular complexity index is 765. The monoisotopic (exact) mass is 315 g/mol. The fourth-order valence-corrected chi connectivity index (χ4v) is 2.07. The Morgan fingerprint density at radius 2 is 2.00 bits per heavy atom. The number of nitrogens with two attached hydrogens (primary N) is 1. The van der Waals surface area contributed by atoms with Crippen LogP contribution in [0.15, 0.2) is 22.9 Å². The summed E-state index contributed by atoms with van der Waals surface area (Å²) in [5.74, 6) is -0.0811. The van der Waals surface area contributed by atoms with Crippen molar-refractivity contribution >= 4 is 28.9 Å². The van der Waals surface area contributed by atoms with Gasteiger partial charge in [-0.05, 0) is 18.0 Å². The number of hydrogen-bond donors (Lipinski definition) is 2. The van der Waals surface area contributed by atoms with Crippen LogP contribution in [0.2, 0.25) is 10.0 Å². The Labute approximate surface area is 128 Å². The predicted octanol–water partition coefficient (Wildman–Crippen LogP) is 3.57. The molecule has 0 bridgehead atoms. The van der Waals surface area contributed by atoms with E-state index in [1.807, 2.05) is 13.8 Å². The number of ether oxygens (including phenoxy) is 1. The van der Waals surface area contributed by atoms with Crippen LogP contribution in [0.3, 0.4) is 0 Å². The lowest BCUT2D eigenvalue weighted by Crippen LogP contribution is -2.15. The third-order valence-corrected chi connectivity index (χ3v) is 3.06. The van der Waals surface area contributed by atoms with Crippen molar-refractivity contribution in [2.45, 2.75) is 19.8 Å². The summed E-state index contributed by atoms with van der Waals surface area (Å²) >= 11 is 12.0. The molecule has 2 aromatic rings. The molecule has 2 rings (SSSR count). The minimum Gasteiger partial charge on any atom is -0.434 e. The lowest BCUT2D eigenvalue weighted by molar-refractivity contribution is 0.452. The molecule has 0 saturated heterocycles. The molecule has 0 aliphatic rings. The summed E-state index contributed by atoms with van der Waals surface area (Å²) in [6.45, 7) is 3.70. The van der Waals surface area contributed by atoms with Crippen LogP contribution >= 0.6 is 23.2 Å². The average Bonchev–Trinajstić information content (AvgIpc) is 2.49. The molecule has 1 aromatic heterocycles. The maximum atomic E-state index is 11.6. The number of nitrogen functional groups attached to an aromatic ring is 1. The van der Waals surface area contributed by atoms with Gasteiger partial charge in [-0.15, -0.1) is 5.10 Å². The van der Waals surface area contributed by atoms with Gasteiger partial charge >= 0.3 is 0 Å². The molecular formula is C13H13Cl2N3O2. The zero-order chi connectivity index (χ0) is 16.6. The first kappa shape index (κ1) is 12.1. The number of anilines is 1. The predicted molar refractivity (Wildman–Crippen MR) is 79.9 cm³/mol. The summed E-state index contributed by atoms with van der Waals surface area (Å²) in [4.78, 5) is 11.6. The van der Waals surface area contributed by atoms with Crippen molar-refractivity contribution in [2.24, 2.45) is 0 Å². The second-order valence-electron chi connectivity index (χ2n) is 4.37. The van der Waals surface area contributed by atoms with Crippen LogP contribution in [0, 0.1) is 0 Å². The molecule has 7 heteroatoms. The third kappa shape index (κ3) is 3.05. The minimum atomic E-state index is -0.320. The molecule has 5 nitrogen and oxygen atoms in total. The van der Waals surface area contributed by atoms with Crippen molar-refractivity contribution in [3.8, 4) is 11.6 Å². The summed E-state index contributed by atoms with van der Waals surface area (Å²) in [6.07, 6.45) is 0. The topological polar surface area (TPSA) is 81.0 Å². The molecule has 0 atom stereocenters. The Morgan fingerprint density at radius 3 is 2.55 bits per heavy atom. The van der Waals surface area contributed by atoms with Gasteiger partial charge in [0.1, 0.15) is 0 Å². The number of halogens is 2. The van der Waals surface area contributed by atoms with E-state index in [1.165, 1.54) is 6.07 Å². The fraction of sp³-hybridized carbons (Fsp3) is 0.231. The molecule has 0 spiro atoms. The SMILES string of the molecule is [2H]c1c(N)c([2H])c(Cl)c(Oc2cc(C(C)C)c(=O)[nH]n2)c1Cl. The van der Waals surface area contributed by atoms with Crippen LogP contribution in [0.25, 0.3) is 0 Å². The minimum absolute atomic E-state index is 0.0371. The molecule has 0 fully saturated rings. The number of rotatable bonds is 3. The van der Waals surface area contributed by atoms with E-state index < -0.39 is 0 Å². The van der Waals surface area contributed by atoms with Gasteiger partial charge in [0, 0.05) is 17.3 Å². The zero-order valence-corrected chi connectivity index (χ0v) is 12.3. The summed E-state index contributed by atoms with van der Waals surface area (Å²) in [5.41, 5.74) is 5.58. The fourth-order valence-electron chi connectivity index (χ4n) is 1.55. The van der Waals surface area contributed by atoms with Gasteiger partial charge in [0.2, 0.25) is 5.88 Å². The molecule has 0 unspecified atom stereocenters. The van der Waals surface area contributed by atoms with Gasteiger partial charge in [-0.3, -0.25) is 4.79 Å². The normalized spacial score (nSPS) is 12.2. The van der Waals surface area contributed by atoms with E-state index in [0.29, 0.717) is 5.56 Å². The Morgan fingerprint density at radius 1 is 1.40 bits per heavy atom. The second kappa shape index (κ2) is 5.73. The number of H-pyrrole nitrogens is 1. The number of benzene rings is 1. The van der Waals surface area contributed by atoms with Crippen LogP contribution in [-0.2, 0) is 0 Å². The molecule has 0 amide bonds. The highest BCUT2D eigenvalue weighted by atomic mass is 35.5. The van der Waals surface area contributed by atoms with E-state index in [4.69, 9.17) is 36.4 Å². The van der Waals surface area contributed by atoms with Crippen molar-refractivity contribution in [3.63, 3.8) is 0 Å². The van der Waals surface area contributed by atoms with Crippen LogP contribution < -0.4 is 16.0 Å². The molecule has 3 N–H and O–H groups in total. The smallest absolute Gasteiger partial charge is 0.267 e. The highest BCUT2D eigenvalue weighted by Crippen LogP contribution is 2.37. The van der Waals surface area contributed by atoms with Crippen LogP contribution in [0.4, 0.5) is 5.69 Å². The van der Waals surface area contributed by atoms with Crippen LogP contribution in [-0.4, -0.2) is 10.2 Å². The van der Waals surface area contributed by atoms with E-state index in [1.54, 1.807) is 0 Å². The van der Waals surface area contributed by atoms with Crippen molar-refractivity contribution < 1.29 is 7.48 Å². The number of aromatic nitrogens is 2. The average molecular weight is 316 g/mol. The molecule has 106 valence electrons. The first-order valence-electron chi connectivity index (χ1n) is 6.75. The van der Waals surface area contributed by atoms with Gasteiger partial charge in [-0.1, -0.05) is 37.0 Å². The maximum absolute atomic E-state index is 11.6. The number of nitrogens with zero attached hydrogens (tertiary/aromatic N) is 1. The Kier molecular flexibility index (Phi) is 3.45. The lowest BCUT2D eigenvalue weighted by atomic mass is 10.1. The van der Waals surface area contributed by atoms with Gasteiger partial charge < -0.3 is 10.5 Å². The first-order chi connectivity index (χ1) is 10.2. The Balaban J connectivity index is 2.53. The molecule has 1 aromatic carbocycles. The Hall–Kier alpha value is -1.72. The van der Waals surface area contributed by atoms with E-state index in [2.05, 4.69) is 10.2 Å². The third-order valence-electron chi connectivity index (χ3n) is 2.52.